The van der Waals surface area contributed by atoms with Crippen molar-refractivity contribution in [3.05, 3.63) is 29.3 Å². The molecule has 0 aliphatic carbocycles. The number of carbonyl (C=O) groups is 4. The van der Waals surface area contributed by atoms with Crippen molar-refractivity contribution in [1.82, 2.24) is 10.2 Å². The largest absolute Gasteiger partial charge is 0.382 e. The smallest absolute Gasteiger partial charge is 0.264 e. The molecule has 1 fully saturated rings. The Balaban J connectivity index is 1.51. The maximum absolute atomic E-state index is 13.0. The molecule has 10 nitrogen and oxygen atoms in total. The van der Waals surface area contributed by atoms with E-state index in [4.69, 9.17) is 15.2 Å². The van der Waals surface area contributed by atoms with Gasteiger partial charge in [0.2, 0.25) is 11.8 Å². The molecule has 0 saturated carbocycles. The Morgan fingerprint density at radius 1 is 1.03 bits per heavy atom. The minimum absolute atomic E-state index is 0.0876. The normalized spacial score (nSPS) is 18.4. The summed E-state index contributed by atoms with van der Waals surface area (Å²) in [6, 6.07) is 3.98. The summed E-state index contributed by atoms with van der Waals surface area (Å²) in [4.78, 5) is 50.3. The summed E-state index contributed by atoms with van der Waals surface area (Å²) in [6.07, 6.45) is 1.83. The minimum Gasteiger partial charge on any atom is -0.382 e. The molecule has 4 amide bonds. The molecule has 1 saturated heterocycles. The quantitative estimate of drug-likeness (QED) is 0.316. The maximum Gasteiger partial charge on any atom is 0.264 e. The predicted octanol–water partition coefficient (Wildman–Crippen LogP) is 0.272. The van der Waals surface area contributed by atoms with E-state index in [1.165, 1.54) is 0 Å². The first-order valence-electron chi connectivity index (χ1n) is 10.5. The lowest BCUT2D eigenvalue weighted by molar-refractivity contribution is -0.136. The SMILES string of the molecule is NCCCOCCCOCCNc1cccc2c1C(=O)N(C1CCC(=O)NC1=O)C2=O. The van der Waals surface area contributed by atoms with Crippen LogP contribution in [0, 0.1) is 0 Å². The summed E-state index contributed by atoms with van der Waals surface area (Å²) in [5.74, 6) is -2.08. The number of piperidine rings is 1. The molecule has 1 unspecified atom stereocenters. The van der Waals surface area contributed by atoms with Gasteiger partial charge in [-0.05, 0) is 37.9 Å². The van der Waals surface area contributed by atoms with Crippen LogP contribution >= 0.6 is 0 Å². The van der Waals surface area contributed by atoms with Crippen molar-refractivity contribution in [2.24, 2.45) is 5.73 Å². The van der Waals surface area contributed by atoms with Gasteiger partial charge < -0.3 is 20.5 Å². The molecule has 2 heterocycles. The zero-order chi connectivity index (χ0) is 22.2. The maximum atomic E-state index is 13.0. The number of nitrogens with one attached hydrogen (secondary N) is 2. The molecule has 0 spiro atoms. The summed E-state index contributed by atoms with van der Waals surface area (Å²) in [6.45, 7) is 3.31. The second kappa shape index (κ2) is 11.0. The third kappa shape index (κ3) is 5.46. The van der Waals surface area contributed by atoms with Crippen LogP contribution < -0.4 is 16.4 Å². The standard InChI is InChI=1S/C21H28N4O6/c22-8-2-10-30-11-3-12-31-13-9-23-15-5-1-4-14-18(15)21(29)25(20(14)28)16-6-7-17(26)24-19(16)27/h1,4-5,16,23H,2-3,6-13,22H2,(H,24,26,27). The highest BCUT2D eigenvalue weighted by Crippen LogP contribution is 2.32. The van der Waals surface area contributed by atoms with E-state index in [1.54, 1.807) is 18.2 Å². The molecule has 0 radical (unpaired) electrons. The number of anilines is 1. The Morgan fingerprint density at radius 2 is 1.77 bits per heavy atom. The second-order valence-electron chi connectivity index (χ2n) is 7.32. The summed E-state index contributed by atoms with van der Waals surface area (Å²) in [5.41, 5.74) is 6.40. The van der Waals surface area contributed by atoms with Crippen molar-refractivity contribution >= 4 is 29.3 Å². The van der Waals surface area contributed by atoms with Gasteiger partial charge in [0.05, 0.1) is 17.7 Å². The first kappa shape index (κ1) is 22.9. The molecule has 0 bridgehead atoms. The van der Waals surface area contributed by atoms with Crippen molar-refractivity contribution in [3.8, 4) is 0 Å². The number of fused-ring (bicyclic) bond motifs is 1. The van der Waals surface area contributed by atoms with Gasteiger partial charge in [-0.25, -0.2) is 0 Å². The van der Waals surface area contributed by atoms with Gasteiger partial charge in [0.25, 0.3) is 11.8 Å². The van der Waals surface area contributed by atoms with E-state index < -0.39 is 29.7 Å². The van der Waals surface area contributed by atoms with Gasteiger partial charge in [-0.2, -0.15) is 0 Å². The number of rotatable bonds is 12. The van der Waals surface area contributed by atoms with Crippen molar-refractivity contribution in [1.29, 1.82) is 0 Å². The summed E-state index contributed by atoms with van der Waals surface area (Å²) in [7, 11) is 0. The van der Waals surface area contributed by atoms with Crippen LogP contribution in [0.3, 0.4) is 0 Å². The van der Waals surface area contributed by atoms with Gasteiger partial charge >= 0.3 is 0 Å². The van der Waals surface area contributed by atoms with Gasteiger partial charge in [-0.1, -0.05) is 6.07 Å². The summed E-state index contributed by atoms with van der Waals surface area (Å²) < 4.78 is 11.0. The fraction of sp³-hybridized carbons (Fsp3) is 0.524. The van der Waals surface area contributed by atoms with Crippen LogP contribution in [0.2, 0.25) is 0 Å². The van der Waals surface area contributed by atoms with Crippen LogP contribution in [0.15, 0.2) is 18.2 Å². The molecule has 4 N–H and O–H groups in total. The third-order valence-electron chi connectivity index (χ3n) is 5.10. The summed E-state index contributed by atoms with van der Waals surface area (Å²) >= 11 is 0. The van der Waals surface area contributed by atoms with Gasteiger partial charge in [0, 0.05) is 38.5 Å². The van der Waals surface area contributed by atoms with Crippen LogP contribution in [0.1, 0.15) is 46.4 Å². The van der Waals surface area contributed by atoms with Crippen molar-refractivity contribution < 1.29 is 28.7 Å². The Morgan fingerprint density at radius 3 is 2.52 bits per heavy atom. The average molecular weight is 432 g/mol. The molecule has 1 aromatic carbocycles. The Hall–Kier alpha value is -2.82. The average Bonchev–Trinajstić information content (AvgIpc) is 3.01. The zero-order valence-electron chi connectivity index (χ0n) is 17.4. The lowest BCUT2D eigenvalue weighted by Gasteiger charge is -2.27. The van der Waals surface area contributed by atoms with Gasteiger partial charge in [0.15, 0.2) is 0 Å². The molecule has 168 valence electrons. The molecule has 0 aromatic heterocycles. The van der Waals surface area contributed by atoms with E-state index in [9.17, 15) is 19.2 Å². The topological polar surface area (TPSA) is 140 Å². The van der Waals surface area contributed by atoms with E-state index in [2.05, 4.69) is 10.6 Å². The number of nitrogens with two attached hydrogens (primary N) is 1. The Bertz CT molecular complexity index is 843. The highest BCUT2D eigenvalue weighted by atomic mass is 16.5. The molecule has 1 atom stereocenters. The fourth-order valence-electron chi connectivity index (χ4n) is 3.57. The van der Waals surface area contributed by atoms with E-state index >= 15 is 0 Å². The molecular formula is C21H28N4O6. The second-order valence-corrected chi connectivity index (χ2v) is 7.32. The highest BCUT2D eigenvalue weighted by molar-refractivity contribution is 6.25. The number of nitrogens with zero attached hydrogens (tertiary/aromatic N) is 1. The number of carbonyl (C=O) groups excluding carboxylic acids is 4. The first-order chi connectivity index (χ1) is 15.0. The predicted molar refractivity (Wildman–Crippen MR) is 112 cm³/mol. The third-order valence-corrected chi connectivity index (χ3v) is 5.10. The number of imide groups is 2. The number of benzene rings is 1. The lowest BCUT2D eigenvalue weighted by atomic mass is 10.0. The van der Waals surface area contributed by atoms with E-state index in [0.29, 0.717) is 45.2 Å². The van der Waals surface area contributed by atoms with Gasteiger partial charge in [-0.15, -0.1) is 0 Å². The van der Waals surface area contributed by atoms with Crippen LogP contribution in [-0.2, 0) is 19.1 Å². The molecule has 10 heteroatoms. The van der Waals surface area contributed by atoms with E-state index in [0.717, 1.165) is 17.7 Å². The molecular weight excluding hydrogens is 404 g/mol. The number of amides is 4. The van der Waals surface area contributed by atoms with Crippen LogP contribution in [0.4, 0.5) is 5.69 Å². The molecule has 31 heavy (non-hydrogen) atoms. The number of hydrogen-bond acceptors (Lipinski definition) is 8. The first-order valence-corrected chi connectivity index (χ1v) is 10.5. The number of hydrogen-bond donors (Lipinski definition) is 3. The molecule has 3 rings (SSSR count). The monoisotopic (exact) mass is 432 g/mol. The minimum atomic E-state index is -0.978. The fourth-order valence-corrected chi connectivity index (χ4v) is 3.57. The van der Waals surface area contributed by atoms with Crippen LogP contribution in [0.25, 0.3) is 0 Å². The Kier molecular flexibility index (Phi) is 8.10. The summed E-state index contributed by atoms with van der Waals surface area (Å²) in [5, 5.41) is 5.32. The van der Waals surface area contributed by atoms with E-state index in [1.807, 2.05) is 0 Å². The van der Waals surface area contributed by atoms with Crippen molar-refractivity contribution in [2.45, 2.75) is 31.7 Å². The van der Waals surface area contributed by atoms with Crippen molar-refractivity contribution in [3.63, 3.8) is 0 Å². The number of ether oxygens (including phenoxy) is 2. The highest BCUT2D eigenvalue weighted by Gasteiger charge is 2.45. The van der Waals surface area contributed by atoms with Crippen molar-refractivity contribution in [2.75, 3.05) is 44.8 Å². The van der Waals surface area contributed by atoms with Gasteiger partial charge in [0.1, 0.15) is 6.04 Å². The Labute approximate surface area is 180 Å². The van der Waals surface area contributed by atoms with E-state index in [-0.39, 0.29) is 24.0 Å². The molecule has 2 aliphatic rings. The zero-order valence-corrected chi connectivity index (χ0v) is 17.4. The van der Waals surface area contributed by atoms with Gasteiger partial charge in [-0.3, -0.25) is 29.4 Å². The van der Waals surface area contributed by atoms with Crippen LogP contribution in [-0.4, -0.2) is 74.1 Å². The molecule has 2 aliphatic heterocycles. The molecule has 1 aromatic rings. The van der Waals surface area contributed by atoms with Crippen LogP contribution in [0.5, 0.6) is 0 Å². The lowest BCUT2D eigenvalue weighted by Crippen LogP contribution is -2.54.